The van der Waals surface area contributed by atoms with Gasteiger partial charge in [-0.1, -0.05) is 0 Å². The lowest BCUT2D eigenvalue weighted by molar-refractivity contribution is 0.0589. The van der Waals surface area contributed by atoms with Crippen molar-refractivity contribution in [3.63, 3.8) is 0 Å². The Hall–Kier alpha value is -3.36. The lowest BCUT2D eigenvalue weighted by Gasteiger charge is -2.06. The van der Waals surface area contributed by atoms with Crippen molar-refractivity contribution >= 4 is 17.6 Å². The molecule has 0 bridgehead atoms. The summed E-state index contributed by atoms with van der Waals surface area (Å²) in [5.74, 6) is -0.331. The molecule has 0 unspecified atom stereocenters. The lowest BCUT2D eigenvalue weighted by Crippen LogP contribution is -2.16. The summed E-state index contributed by atoms with van der Waals surface area (Å²) >= 11 is 0. The van der Waals surface area contributed by atoms with Gasteiger partial charge in [0.05, 0.1) is 30.7 Å². The van der Waals surface area contributed by atoms with Gasteiger partial charge in [0.2, 0.25) is 0 Å². The van der Waals surface area contributed by atoms with Gasteiger partial charge in [0.25, 0.3) is 5.91 Å². The average Bonchev–Trinajstić information content (AvgIpc) is 3.27. The molecule has 0 radical (unpaired) electrons. The van der Waals surface area contributed by atoms with E-state index in [9.17, 15) is 9.59 Å². The minimum atomic E-state index is -0.585. The highest BCUT2D eigenvalue weighted by atomic mass is 16.5. The summed E-state index contributed by atoms with van der Waals surface area (Å²) < 4.78 is 13.6. The van der Waals surface area contributed by atoms with Gasteiger partial charge in [-0.15, -0.1) is 0 Å². The van der Waals surface area contributed by atoms with Crippen LogP contribution in [0.2, 0.25) is 0 Å². The number of nitrogens with one attached hydrogen (secondary N) is 1. The number of hydrogen-bond donors (Lipinski definition) is 1. The number of aryl methyl sites for hydroxylation is 4. The molecule has 142 valence electrons. The number of amides is 1. The second-order valence-electron chi connectivity index (χ2n) is 6.23. The number of furan rings is 1. The first-order valence-corrected chi connectivity index (χ1v) is 8.33. The standard InChI is InChI=1S/C18H21N5O4/c1-10-8-11(2)23(20-10)9-13-6-7-14(27-13)17(24)19-15-12(3)21-22(4)16(15)18(25)26-5/h6-8H,9H2,1-5H3,(H,19,24). The number of nitrogens with zero attached hydrogens (tertiary/aromatic N) is 4. The fourth-order valence-corrected chi connectivity index (χ4v) is 2.88. The molecule has 3 aromatic rings. The number of methoxy groups -OCH3 is 1. The van der Waals surface area contributed by atoms with Crippen molar-refractivity contribution in [2.75, 3.05) is 12.4 Å². The third kappa shape index (κ3) is 3.62. The third-order valence-electron chi connectivity index (χ3n) is 4.13. The molecule has 3 heterocycles. The smallest absolute Gasteiger partial charge is 0.358 e. The normalized spacial score (nSPS) is 10.9. The van der Waals surface area contributed by atoms with Gasteiger partial charge in [-0.3, -0.25) is 14.2 Å². The van der Waals surface area contributed by atoms with Crippen molar-refractivity contribution in [1.82, 2.24) is 19.6 Å². The topological polar surface area (TPSA) is 104 Å². The molecule has 27 heavy (non-hydrogen) atoms. The van der Waals surface area contributed by atoms with Gasteiger partial charge in [-0.2, -0.15) is 10.2 Å². The van der Waals surface area contributed by atoms with Crippen LogP contribution in [0.1, 0.15) is 43.9 Å². The van der Waals surface area contributed by atoms with E-state index >= 15 is 0 Å². The maximum absolute atomic E-state index is 12.6. The molecule has 0 saturated heterocycles. The molecule has 0 saturated carbocycles. The van der Waals surface area contributed by atoms with Crippen LogP contribution in [0, 0.1) is 20.8 Å². The van der Waals surface area contributed by atoms with E-state index in [1.54, 1.807) is 30.8 Å². The second-order valence-corrected chi connectivity index (χ2v) is 6.23. The first-order valence-electron chi connectivity index (χ1n) is 8.33. The predicted molar refractivity (Wildman–Crippen MR) is 96.7 cm³/mol. The summed E-state index contributed by atoms with van der Waals surface area (Å²) in [6.45, 7) is 5.99. The molecule has 0 atom stereocenters. The van der Waals surface area contributed by atoms with E-state index in [0.29, 0.717) is 23.7 Å². The molecule has 9 heteroatoms. The number of anilines is 1. The van der Waals surface area contributed by atoms with Crippen molar-refractivity contribution in [3.8, 4) is 0 Å². The Kier molecular flexibility index (Phi) is 4.85. The van der Waals surface area contributed by atoms with Gasteiger partial charge >= 0.3 is 5.97 Å². The monoisotopic (exact) mass is 371 g/mol. The van der Waals surface area contributed by atoms with Crippen LogP contribution in [-0.2, 0) is 18.3 Å². The molecule has 0 fully saturated rings. The van der Waals surface area contributed by atoms with Gasteiger partial charge in [0, 0.05) is 12.7 Å². The molecule has 0 aliphatic rings. The van der Waals surface area contributed by atoms with Crippen molar-refractivity contribution in [3.05, 3.63) is 52.5 Å². The highest BCUT2D eigenvalue weighted by Crippen LogP contribution is 2.22. The predicted octanol–water partition coefficient (Wildman–Crippen LogP) is 2.22. The van der Waals surface area contributed by atoms with Crippen molar-refractivity contribution in [2.24, 2.45) is 7.05 Å². The van der Waals surface area contributed by atoms with Crippen molar-refractivity contribution < 1.29 is 18.7 Å². The van der Waals surface area contributed by atoms with E-state index in [0.717, 1.165) is 11.4 Å². The summed E-state index contributed by atoms with van der Waals surface area (Å²) in [6.07, 6.45) is 0. The van der Waals surface area contributed by atoms with Gasteiger partial charge in [-0.25, -0.2) is 4.79 Å². The maximum Gasteiger partial charge on any atom is 0.358 e. The summed E-state index contributed by atoms with van der Waals surface area (Å²) in [7, 11) is 2.88. The maximum atomic E-state index is 12.6. The van der Waals surface area contributed by atoms with E-state index in [1.165, 1.54) is 11.8 Å². The Balaban J connectivity index is 1.79. The van der Waals surface area contributed by atoms with E-state index in [4.69, 9.17) is 9.15 Å². The van der Waals surface area contributed by atoms with Crippen molar-refractivity contribution in [1.29, 1.82) is 0 Å². The molecule has 3 rings (SSSR count). The molecule has 0 aromatic carbocycles. The summed E-state index contributed by atoms with van der Waals surface area (Å²) in [6, 6.07) is 5.28. The Bertz CT molecular complexity index is 1010. The van der Waals surface area contributed by atoms with E-state index in [-0.39, 0.29) is 11.5 Å². The fraction of sp³-hybridized carbons (Fsp3) is 0.333. The average molecular weight is 371 g/mol. The summed E-state index contributed by atoms with van der Waals surface area (Å²) in [4.78, 5) is 24.5. The lowest BCUT2D eigenvalue weighted by atomic mass is 10.3. The highest BCUT2D eigenvalue weighted by molar-refractivity contribution is 6.06. The molecule has 0 spiro atoms. The Morgan fingerprint density at radius 1 is 1.22 bits per heavy atom. The Labute approximate surface area is 155 Å². The minimum Gasteiger partial charge on any atom is -0.464 e. The number of rotatable bonds is 5. The first kappa shape index (κ1) is 18.4. The zero-order valence-electron chi connectivity index (χ0n) is 15.9. The summed E-state index contributed by atoms with van der Waals surface area (Å²) in [5.41, 5.74) is 2.88. The van der Waals surface area contributed by atoms with E-state index in [2.05, 4.69) is 15.5 Å². The minimum absolute atomic E-state index is 0.130. The van der Waals surface area contributed by atoms with E-state index in [1.807, 2.05) is 19.9 Å². The van der Waals surface area contributed by atoms with Gasteiger partial charge in [0.1, 0.15) is 5.76 Å². The molecule has 3 aromatic heterocycles. The molecule has 9 nitrogen and oxygen atoms in total. The number of carbonyl (C=O) groups is 2. The molecule has 1 N–H and O–H groups in total. The second kappa shape index (κ2) is 7.10. The number of carbonyl (C=O) groups excluding carboxylic acids is 2. The van der Waals surface area contributed by atoms with Crippen molar-refractivity contribution in [2.45, 2.75) is 27.3 Å². The SMILES string of the molecule is COC(=O)c1c(NC(=O)c2ccc(Cn3nc(C)cc3C)o2)c(C)nn1C. The molecule has 0 aliphatic heterocycles. The Morgan fingerprint density at radius 2 is 1.96 bits per heavy atom. The summed E-state index contributed by atoms with van der Waals surface area (Å²) in [5, 5.41) is 11.2. The Morgan fingerprint density at radius 3 is 2.59 bits per heavy atom. The zero-order valence-corrected chi connectivity index (χ0v) is 15.9. The van der Waals surface area contributed by atoms with Crippen LogP contribution < -0.4 is 5.32 Å². The van der Waals surface area contributed by atoms with Crippen LogP contribution in [-0.4, -0.2) is 38.5 Å². The third-order valence-corrected chi connectivity index (χ3v) is 4.13. The first-order chi connectivity index (χ1) is 12.8. The fourth-order valence-electron chi connectivity index (χ4n) is 2.88. The number of esters is 1. The van der Waals surface area contributed by atoms with E-state index < -0.39 is 11.9 Å². The van der Waals surface area contributed by atoms with Crippen LogP contribution in [0.25, 0.3) is 0 Å². The highest BCUT2D eigenvalue weighted by Gasteiger charge is 2.24. The molecule has 1 amide bonds. The van der Waals surface area contributed by atoms with Crippen LogP contribution in [0.4, 0.5) is 5.69 Å². The number of aromatic nitrogens is 4. The van der Waals surface area contributed by atoms with Gasteiger partial charge in [-0.05, 0) is 39.0 Å². The molecular weight excluding hydrogens is 350 g/mol. The quantitative estimate of drug-likeness (QED) is 0.690. The van der Waals surface area contributed by atoms with Crippen LogP contribution >= 0.6 is 0 Å². The largest absolute Gasteiger partial charge is 0.464 e. The zero-order chi connectivity index (χ0) is 19.7. The van der Waals surface area contributed by atoms with Crippen LogP contribution in [0.3, 0.4) is 0 Å². The molecule has 0 aliphatic carbocycles. The van der Waals surface area contributed by atoms with Gasteiger partial charge < -0.3 is 14.5 Å². The van der Waals surface area contributed by atoms with Crippen LogP contribution in [0.5, 0.6) is 0 Å². The van der Waals surface area contributed by atoms with Crippen LogP contribution in [0.15, 0.2) is 22.6 Å². The number of hydrogen-bond acceptors (Lipinski definition) is 6. The van der Waals surface area contributed by atoms with Gasteiger partial charge in [0.15, 0.2) is 11.5 Å². The number of ether oxygens (including phenoxy) is 1. The molecular formula is C18H21N5O4.